The lowest BCUT2D eigenvalue weighted by Crippen LogP contribution is -2.70. The molecule has 2 spiro atoms. The van der Waals surface area contributed by atoms with Crippen LogP contribution in [0.3, 0.4) is 0 Å². The lowest BCUT2D eigenvalue weighted by molar-refractivity contribution is -0.577. The molecule has 2 aromatic rings. The van der Waals surface area contributed by atoms with Crippen molar-refractivity contribution in [3.63, 3.8) is 0 Å². The van der Waals surface area contributed by atoms with Crippen molar-refractivity contribution in [1.82, 2.24) is 0 Å². The summed E-state index contributed by atoms with van der Waals surface area (Å²) >= 11 is 0. The standard InChI is InChI=1S/C49H64O13/c1-29-7-18-39-31(3)42(55-44-48(39)37(29)21-23-46(5,57-44)59-61-48)53-27-25-51-35-14-9-33(10-15-35)11-20-41(50)34-12-16-36(17-13-34)52-26-28-54-43-32(4)40-19-8-30(2)38-22-24-47(6)58-45(56-43)49(38,40)62-60-47/h9-17,20,29-32,37-40,42-45H,7-8,18-19,21-28H2,1-6H3/b20-11+/t29-,30-,31-,32-,37+,38+,39+,40+,42+,43+,44-,45-,46-,47-,48-,49-/m1/s1. The average Bonchev–Trinajstić information content (AvgIpc) is 3.65. The van der Waals surface area contributed by atoms with Crippen LogP contribution in [0.4, 0.5) is 0 Å². The fourth-order valence-corrected chi connectivity index (χ4v) is 12.4. The van der Waals surface area contributed by atoms with Gasteiger partial charge >= 0.3 is 0 Å². The first kappa shape index (κ1) is 43.0. The first-order chi connectivity index (χ1) is 29.9. The molecule has 2 aliphatic carbocycles. The molecule has 8 aliphatic heterocycles. The minimum Gasteiger partial charge on any atom is -0.491 e. The number of hydrogen-bond donors (Lipinski definition) is 0. The number of carbonyl (C=O) groups excluding carboxylic acids is 1. The van der Waals surface area contributed by atoms with Crippen molar-refractivity contribution < 1.29 is 62.2 Å². The smallest absolute Gasteiger partial charge is 0.201 e. The normalized spacial score (nSPS) is 44.2. The molecule has 0 unspecified atom stereocenters. The summed E-state index contributed by atoms with van der Waals surface area (Å²) in [6.07, 6.45) is 9.29. The van der Waals surface area contributed by atoms with Gasteiger partial charge in [-0.25, -0.2) is 19.6 Å². The second-order valence-electron chi connectivity index (χ2n) is 19.8. The Kier molecular flexibility index (Phi) is 11.6. The van der Waals surface area contributed by atoms with E-state index >= 15 is 0 Å². The Morgan fingerprint density at radius 2 is 1.06 bits per heavy atom. The molecule has 16 atom stereocenters. The summed E-state index contributed by atoms with van der Waals surface area (Å²) in [5.41, 5.74) is 0.236. The Labute approximate surface area is 365 Å². The van der Waals surface area contributed by atoms with Gasteiger partial charge in [0, 0.05) is 42.1 Å². The van der Waals surface area contributed by atoms with Gasteiger partial charge in [-0.1, -0.05) is 45.9 Å². The SMILES string of the molecule is C[C@H]1[C@@H](OCCOc2ccc(/C=C/C(=O)c3ccc(OCCO[C@H]4O[C@@H]5O[C@@]6(C)CC[C@H]7[C@H](C)CC[C@@H]([C@H]4C)[C@@]57OO6)cc3)cc2)O[C@@H]2O[C@@]3(C)CC[C@H]4[C@H](C)CC[C@@H]1[C@@]24OO3. The van der Waals surface area contributed by atoms with E-state index in [9.17, 15) is 4.79 Å². The van der Waals surface area contributed by atoms with Gasteiger partial charge in [-0.05, 0) is 124 Å². The lowest BCUT2D eigenvalue weighted by Gasteiger charge is -2.60. The molecular weight excluding hydrogens is 797 g/mol. The van der Waals surface area contributed by atoms with Crippen molar-refractivity contribution in [2.75, 3.05) is 26.4 Å². The molecule has 12 rings (SSSR count). The van der Waals surface area contributed by atoms with Crippen molar-refractivity contribution in [1.29, 1.82) is 0 Å². The van der Waals surface area contributed by atoms with Gasteiger partial charge in [0.2, 0.25) is 11.6 Å². The van der Waals surface area contributed by atoms with Crippen LogP contribution in [0.2, 0.25) is 0 Å². The van der Waals surface area contributed by atoms with Gasteiger partial charge in [-0.15, -0.1) is 0 Å². The quantitative estimate of drug-likeness (QED) is 0.0825. The third-order valence-corrected chi connectivity index (χ3v) is 15.9. The molecule has 8 heterocycles. The predicted molar refractivity (Wildman–Crippen MR) is 223 cm³/mol. The number of hydrogen-bond acceptors (Lipinski definition) is 13. The van der Waals surface area contributed by atoms with E-state index in [0.717, 1.165) is 56.9 Å². The minimum atomic E-state index is -0.820. The van der Waals surface area contributed by atoms with E-state index in [4.69, 9.17) is 57.4 Å². The van der Waals surface area contributed by atoms with Crippen molar-refractivity contribution >= 4 is 11.9 Å². The zero-order chi connectivity index (χ0) is 42.9. The summed E-state index contributed by atoms with van der Waals surface area (Å²) in [6.45, 7) is 14.3. The second-order valence-corrected chi connectivity index (χ2v) is 19.8. The topological polar surface area (TPSA) is 128 Å². The van der Waals surface area contributed by atoms with Gasteiger partial charge in [0.25, 0.3) is 0 Å². The molecule has 10 fully saturated rings. The molecule has 4 bridgehead atoms. The Bertz CT molecular complexity index is 1940. The van der Waals surface area contributed by atoms with Crippen molar-refractivity contribution in [3.05, 3.63) is 65.7 Å². The highest BCUT2D eigenvalue weighted by Gasteiger charge is 2.71. The number of allylic oxidation sites excluding steroid dienone is 1. The Hall–Kier alpha value is -2.95. The highest BCUT2D eigenvalue weighted by molar-refractivity contribution is 6.06. The minimum absolute atomic E-state index is 0.0964. The highest BCUT2D eigenvalue weighted by atomic mass is 17.3. The summed E-state index contributed by atoms with van der Waals surface area (Å²) in [6, 6.07) is 14.8. The molecule has 62 heavy (non-hydrogen) atoms. The van der Waals surface area contributed by atoms with Crippen LogP contribution in [0.5, 0.6) is 11.5 Å². The van der Waals surface area contributed by atoms with Crippen LogP contribution in [-0.2, 0) is 48.0 Å². The third-order valence-electron chi connectivity index (χ3n) is 15.9. The molecule has 10 aliphatic rings. The molecule has 0 radical (unpaired) electrons. The average molecular weight is 861 g/mol. The van der Waals surface area contributed by atoms with Crippen molar-refractivity contribution in [2.24, 2.45) is 47.3 Å². The number of benzene rings is 2. The summed E-state index contributed by atoms with van der Waals surface area (Å²) in [5, 5.41) is 0. The molecule has 13 heteroatoms. The van der Waals surface area contributed by atoms with Crippen LogP contribution in [0.1, 0.15) is 109 Å². The van der Waals surface area contributed by atoms with Gasteiger partial charge in [-0.2, -0.15) is 0 Å². The van der Waals surface area contributed by atoms with Gasteiger partial charge in [-0.3, -0.25) is 4.79 Å². The summed E-state index contributed by atoms with van der Waals surface area (Å²) in [5.74, 6) is 1.90. The number of carbonyl (C=O) groups is 1. The molecular formula is C49H64O13. The van der Waals surface area contributed by atoms with Gasteiger partial charge in [0.1, 0.15) is 24.7 Å². The summed E-state index contributed by atoms with van der Waals surface area (Å²) in [4.78, 5) is 37.4. The second kappa shape index (κ2) is 16.8. The fourth-order valence-electron chi connectivity index (χ4n) is 12.4. The predicted octanol–water partition coefficient (Wildman–Crippen LogP) is 8.79. The van der Waals surface area contributed by atoms with Crippen LogP contribution in [-0.4, -0.2) is 80.1 Å². The molecule has 2 aromatic carbocycles. The number of fused-ring (bicyclic) bond motifs is 4. The number of ether oxygens (including phenoxy) is 8. The van der Waals surface area contributed by atoms with Crippen LogP contribution in [0.25, 0.3) is 6.08 Å². The maximum atomic E-state index is 13.0. The van der Waals surface area contributed by atoms with Gasteiger partial charge < -0.3 is 37.9 Å². The van der Waals surface area contributed by atoms with Crippen LogP contribution in [0, 0.1) is 47.3 Å². The Morgan fingerprint density at radius 3 is 1.55 bits per heavy atom. The highest BCUT2D eigenvalue weighted by Crippen LogP contribution is 2.62. The lowest BCUT2D eigenvalue weighted by atomic mass is 9.58. The molecule has 0 aromatic heterocycles. The van der Waals surface area contributed by atoms with E-state index in [-0.39, 0.29) is 29.5 Å². The largest absolute Gasteiger partial charge is 0.491 e. The van der Waals surface area contributed by atoms with Crippen LogP contribution < -0.4 is 9.47 Å². The first-order valence-electron chi connectivity index (χ1n) is 23.2. The Balaban J connectivity index is 0.658. The third kappa shape index (κ3) is 7.55. The number of ketones is 1. The van der Waals surface area contributed by atoms with Crippen LogP contribution >= 0.6 is 0 Å². The van der Waals surface area contributed by atoms with E-state index in [0.29, 0.717) is 67.2 Å². The van der Waals surface area contributed by atoms with Crippen molar-refractivity contribution in [2.45, 2.75) is 141 Å². The number of rotatable bonds is 13. The summed E-state index contributed by atoms with van der Waals surface area (Å²) < 4.78 is 50.5. The maximum Gasteiger partial charge on any atom is 0.201 e. The zero-order valence-electron chi connectivity index (χ0n) is 37.0. The molecule has 8 saturated heterocycles. The molecule has 338 valence electrons. The fraction of sp³-hybridized carbons (Fsp3) is 0.694. The molecule has 0 N–H and O–H groups in total. The van der Waals surface area contributed by atoms with Gasteiger partial charge in [0.15, 0.2) is 42.1 Å². The van der Waals surface area contributed by atoms with Gasteiger partial charge in [0.05, 0.1) is 13.2 Å². The Morgan fingerprint density at radius 1 is 0.597 bits per heavy atom. The van der Waals surface area contributed by atoms with Crippen molar-refractivity contribution in [3.8, 4) is 11.5 Å². The first-order valence-corrected chi connectivity index (χ1v) is 23.2. The van der Waals surface area contributed by atoms with E-state index < -0.39 is 47.9 Å². The molecule has 2 saturated carbocycles. The van der Waals surface area contributed by atoms with E-state index in [1.807, 2.05) is 38.1 Å². The monoisotopic (exact) mass is 860 g/mol. The van der Waals surface area contributed by atoms with E-state index in [2.05, 4.69) is 27.7 Å². The van der Waals surface area contributed by atoms with E-state index in [1.54, 1.807) is 36.4 Å². The molecule has 13 nitrogen and oxygen atoms in total. The zero-order valence-corrected chi connectivity index (χ0v) is 37.0. The summed E-state index contributed by atoms with van der Waals surface area (Å²) in [7, 11) is 0. The molecule has 0 amide bonds. The van der Waals surface area contributed by atoms with E-state index in [1.165, 1.54) is 0 Å². The van der Waals surface area contributed by atoms with Crippen LogP contribution in [0.15, 0.2) is 54.6 Å². The maximum absolute atomic E-state index is 13.0.